The highest BCUT2D eigenvalue weighted by molar-refractivity contribution is 14.0. The van der Waals surface area contributed by atoms with E-state index in [0.29, 0.717) is 12.5 Å². The largest absolute Gasteiger partial charge is 0.374 e. The van der Waals surface area contributed by atoms with Crippen molar-refractivity contribution in [3.8, 4) is 0 Å². The summed E-state index contributed by atoms with van der Waals surface area (Å²) in [4.78, 5) is 6.78. The molecule has 1 atom stereocenters. The number of morpholine rings is 1. The van der Waals surface area contributed by atoms with Gasteiger partial charge in [0.2, 0.25) is 0 Å². The normalized spacial score (nSPS) is 21.9. The number of nitrogens with zero attached hydrogens (tertiary/aromatic N) is 2. The van der Waals surface area contributed by atoms with Gasteiger partial charge in [-0.05, 0) is 30.4 Å². The minimum atomic E-state index is -0.111. The number of benzene rings is 1. The van der Waals surface area contributed by atoms with Crippen molar-refractivity contribution in [1.29, 1.82) is 0 Å². The van der Waals surface area contributed by atoms with Gasteiger partial charge >= 0.3 is 0 Å². The Morgan fingerprint density at radius 3 is 2.71 bits per heavy atom. The molecule has 1 saturated carbocycles. The predicted molar refractivity (Wildman–Crippen MR) is 123 cm³/mol. The van der Waals surface area contributed by atoms with E-state index < -0.39 is 0 Å². The van der Waals surface area contributed by atoms with Gasteiger partial charge in [0.15, 0.2) is 5.96 Å². The molecular weight excluding hydrogens is 470 g/mol. The van der Waals surface area contributed by atoms with E-state index in [1.807, 2.05) is 12.1 Å². The van der Waals surface area contributed by atoms with Gasteiger partial charge in [-0.3, -0.25) is 9.89 Å². The SMILES string of the molecule is CN=C(NCC1CN(CC(C)C)CCO1)NCC1(c2ccccc2F)CC1.I. The first-order valence-electron chi connectivity index (χ1n) is 10.1. The Bertz CT molecular complexity index is 651. The Hall–Kier alpha value is -0.930. The van der Waals surface area contributed by atoms with Crippen LogP contribution in [-0.2, 0) is 10.2 Å². The van der Waals surface area contributed by atoms with Gasteiger partial charge in [-0.15, -0.1) is 24.0 Å². The molecule has 0 aromatic heterocycles. The van der Waals surface area contributed by atoms with Crippen LogP contribution in [0, 0.1) is 11.7 Å². The van der Waals surface area contributed by atoms with Crippen LogP contribution in [0.5, 0.6) is 0 Å². The summed E-state index contributed by atoms with van der Waals surface area (Å²) in [6.45, 7) is 9.75. The molecule has 1 unspecified atom stereocenters. The third-order valence-electron chi connectivity index (χ3n) is 5.46. The van der Waals surface area contributed by atoms with E-state index in [1.165, 1.54) is 0 Å². The first-order chi connectivity index (χ1) is 13.0. The van der Waals surface area contributed by atoms with Crippen molar-refractivity contribution in [3.05, 3.63) is 35.6 Å². The molecule has 1 aromatic rings. The maximum atomic E-state index is 14.2. The maximum Gasteiger partial charge on any atom is 0.191 e. The number of nitrogens with one attached hydrogen (secondary N) is 2. The first kappa shape index (κ1) is 23.3. The van der Waals surface area contributed by atoms with Gasteiger partial charge in [0.05, 0.1) is 12.7 Å². The Morgan fingerprint density at radius 2 is 2.07 bits per heavy atom. The zero-order chi connectivity index (χ0) is 19.3. The van der Waals surface area contributed by atoms with Crippen molar-refractivity contribution in [1.82, 2.24) is 15.5 Å². The standard InChI is InChI=1S/C21H33FN4O.HI/c1-16(2)13-26-10-11-27-17(14-26)12-24-20(23-3)25-15-21(8-9-21)18-6-4-5-7-19(18)22;/h4-7,16-17H,8-15H2,1-3H3,(H2,23,24,25);1H. The quantitative estimate of drug-likeness (QED) is 0.341. The minimum absolute atomic E-state index is 0. The first-order valence-corrected chi connectivity index (χ1v) is 10.1. The number of aliphatic imine (C=N–C) groups is 1. The van der Waals surface area contributed by atoms with Crippen LogP contribution in [0.25, 0.3) is 0 Å². The van der Waals surface area contributed by atoms with Crippen LogP contribution in [0.4, 0.5) is 4.39 Å². The molecule has 158 valence electrons. The van der Waals surface area contributed by atoms with Crippen LogP contribution >= 0.6 is 24.0 Å². The molecule has 0 spiro atoms. The van der Waals surface area contributed by atoms with Crippen LogP contribution in [-0.4, -0.2) is 63.3 Å². The van der Waals surface area contributed by atoms with Crippen LogP contribution in [0.2, 0.25) is 0 Å². The lowest BCUT2D eigenvalue weighted by atomic mass is 9.95. The van der Waals surface area contributed by atoms with Crippen molar-refractivity contribution in [2.45, 2.75) is 38.2 Å². The topological polar surface area (TPSA) is 48.9 Å². The number of rotatable bonds is 7. The average Bonchev–Trinajstić information content (AvgIpc) is 3.43. The van der Waals surface area contributed by atoms with Crippen LogP contribution in [0.1, 0.15) is 32.3 Å². The van der Waals surface area contributed by atoms with Crippen molar-refractivity contribution in [2.24, 2.45) is 10.9 Å². The monoisotopic (exact) mass is 504 g/mol. The molecule has 2 N–H and O–H groups in total. The third kappa shape index (κ3) is 6.29. The van der Waals surface area contributed by atoms with Crippen molar-refractivity contribution >= 4 is 29.9 Å². The van der Waals surface area contributed by atoms with Crippen molar-refractivity contribution < 1.29 is 9.13 Å². The minimum Gasteiger partial charge on any atom is -0.374 e. The summed E-state index contributed by atoms with van der Waals surface area (Å²) in [6, 6.07) is 7.11. The second-order valence-electron chi connectivity index (χ2n) is 8.21. The van der Waals surface area contributed by atoms with E-state index in [0.717, 1.165) is 57.2 Å². The Kier molecular flexibility index (Phi) is 8.95. The Balaban J connectivity index is 0.00000280. The fourth-order valence-electron chi connectivity index (χ4n) is 3.85. The predicted octanol–water partition coefficient (Wildman–Crippen LogP) is 3.00. The second-order valence-corrected chi connectivity index (χ2v) is 8.21. The molecule has 1 saturated heterocycles. The maximum absolute atomic E-state index is 14.2. The highest BCUT2D eigenvalue weighted by atomic mass is 127. The van der Waals surface area contributed by atoms with Gasteiger partial charge in [-0.1, -0.05) is 32.0 Å². The number of hydrogen-bond acceptors (Lipinski definition) is 3. The number of guanidine groups is 1. The fraction of sp³-hybridized carbons (Fsp3) is 0.667. The molecule has 5 nitrogen and oxygen atoms in total. The summed E-state index contributed by atoms with van der Waals surface area (Å²) in [5.74, 6) is 1.31. The summed E-state index contributed by atoms with van der Waals surface area (Å²) in [5.41, 5.74) is 0.714. The lowest BCUT2D eigenvalue weighted by molar-refractivity contribution is -0.0284. The molecule has 7 heteroatoms. The molecule has 3 rings (SSSR count). The molecule has 0 bridgehead atoms. The van der Waals surface area contributed by atoms with Gasteiger partial charge in [-0.25, -0.2) is 4.39 Å². The third-order valence-corrected chi connectivity index (χ3v) is 5.46. The number of hydrogen-bond donors (Lipinski definition) is 2. The van der Waals surface area contributed by atoms with Gasteiger partial charge in [0, 0.05) is 45.2 Å². The van der Waals surface area contributed by atoms with Crippen molar-refractivity contribution in [3.63, 3.8) is 0 Å². The van der Waals surface area contributed by atoms with Gasteiger partial charge in [0.1, 0.15) is 5.82 Å². The summed E-state index contributed by atoms with van der Waals surface area (Å²) in [5, 5.41) is 6.76. The average molecular weight is 504 g/mol. The molecular formula is C21H34FIN4O. The van der Waals surface area contributed by atoms with E-state index in [1.54, 1.807) is 19.2 Å². The second kappa shape index (κ2) is 10.7. The van der Waals surface area contributed by atoms with E-state index in [9.17, 15) is 4.39 Å². The van der Waals surface area contributed by atoms with E-state index in [4.69, 9.17) is 4.74 Å². The molecule has 1 aliphatic heterocycles. The molecule has 0 radical (unpaired) electrons. The molecule has 2 fully saturated rings. The van der Waals surface area contributed by atoms with Gasteiger partial charge in [-0.2, -0.15) is 0 Å². The summed E-state index contributed by atoms with van der Waals surface area (Å²) < 4.78 is 20.0. The highest BCUT2D eigenvalue weighted by Gasteiger charge is 2.45. The zero-order valence-corrected chi connectivity index (χ0v) is 19.5. The highest BCUT2D eigenvalue weighted by Crippen LogP contribution is 2.48. The molecule has 0 amide bonds. The van der Waals surface area contributed by atoms with E-state index >= 15 is 0 Å². The van der Waals surface area contributed by atoms with E-state index in [2.05, 4.69) is 34.4 Å². The molecule has 2 aliphatic rings. The molecule has 1 aromatic carbocycles. The zero-order valence-electron chi connectivity index (χ0n) is 17.2. The summed E-state index contributed by atoms with van der Waals surface area (Å²) >= 11 is 0. The van der Waals surface area contributed by atoms with Crippen LogP contribution in [0.15, 0.2) is 29.3 Å². The Morgan fingerprint density at radius 1 is 1.32 bits per heavy atom. The van der Waals surface area contributed by atoms with Gasteiger partial charge in [0.25, 0.3) is 0 Å². The molecule has 1 aliphatic carbocycles. The number of halogens is 2. The summed E-state index contributed by atoms with van der Waals surface area (Å²) in [6.07, 6.45) is 2.18. The van der Waals surface area contributed by atoms with Crippen LogP contribution < -0.4 is 10.6 Å². The van der Waals surface area contributed by atoms with Gasteiger partial charge < -0.3 is 15.4 Å². The lowest BCUT2D eigenvalue weighted by Gasteiger charge is -2.34. The lowest BCUT2D eigenvalue weighted by Crippen LogP contribution is -2.50. The Labute approximate surface area is 185 Å². The fourth-order valence-corrected chi connectivity index (χ4v) is 3.85. The number of ether oxygens (including phenoxy) is 1. The van der Waals surface area contributed by atoms with Crippen LogP contribution in [0.3, 0.4) is 0 Å². The summed E-state index contributed by atoms with van der Waals surface area (Å²) in [7, 11) is 1.77. The molecule has 28 heavy (non-hydrogen) atoms. The van der Waals surface area contributed by atoms with E-state index in [-0.39, 0.29) is 41.3 Å². The van der Waals surface area contributed by atoms with Crippen molar-refractivity contribution in [2.75, 3.05) is 46.4 Å². The molecule has 1 heterocycles. The smallest absolute Gasteiger partial charge is 0.191 e.